The summed E-state index contributed by atoms with van der Waals surface area (Å²) in [5.74, 6) is 0.767. The average Bonchev–Trinajstić information content (AvgIpc) is 2.27. The first-order valence-corrected chi connectivity index (χ1v) is 6.11. The molecule has 82 valence electrons. The second-order valence-electron chi connectivity index (χ2n) is 3.33. The molecule has 5 heteroatoms. The zero-order valence-electron chi connectivity index (χ0n) is 8.54. The van der Waals surface area contributed by atoms with Crippen LogP contribution >= 0.6 is 34.2 Å². The van der Waals surface area contributed by atoms with Gasteiger partial charge in [0.1, 0.15) is 12.1 Å². The van der Waals surface area contributed by atoms with E-state index < -0.39 is 0 Å². The van der Waals surface area contributed by atoms with E-state index in [1.54, 1.807) is 6.20 Å². The smallest absolute Gasteiger partial charge is 0.147 e. The van der Waals surface area contributed by atoms with Crippen LogP contribution in [0.2, 0.25) is 5.02 Å². The molecule has 1 aromatic heterocycles. The number of aromatic nitrogens is 2. The Morgan fingerprint density at radius 1 is 1.38 bits per heavy atom. The summed E-state index contributed by atoms with van der Waals surface area (Å²) in [6.45, 7) is 2.02. The summed E-state index contributed by atoms with van der Waals surface area (Å²) in [6.07, 6.45) is 3.26. The highest BCUT2D eigenvalue weighted by atomic mass is 127. The molecule has 0 aliphatic carbocycles. The van der Waals surface area contributed by atoms with Crippen LogP contribution in [0.25, 0.3) is 0 Å². The van der Waals surface area contributed by atoms with E-state index in [1.165, 1.54) is 6.33 Å². The van der Waals surface area contributed by atoms with Crippen molar-refractivity contribution in [3.8, 4) is 0 Å². The quantitative estimate of drug-likeness (QED) is 0.842. The van der Waals surface area contributed by atoms with Crippen LogP contribution in [-0.2, 0) is 0 Å². The molecule has 0 radical (unpaired) electrons. The lowest BCUT2D eigenvalue weighted by Gasteiger charge is -2.09. The van der Waals surface area contributed by atoms with Crippen molar-refractivity contribution >= 4 is 45.7 Å². The summed E-state index contributed by atoms with van der Waals surface area (Å²) in [7, 11) is 0. The second-order valence-corrected chi connectivity index (χ2v) is 4.90. The van der Waals surface area contributed by atoms with Crippen molar-refractivity contribution in [2.45, 2.75) is 6.92 Å². The zero-order valence-corrected chi connectivity index (χ0v) is 11.5. The van der Waals surface area contributed by atoms with E-state index in [4.69, 9.17) is 11.6 Å². The Balaban J connectivity index is 2.34. The predicted molar refractivity (Wildman–Crippen MR) is 74.2 cm³/mol. The van der Waals surface area contributed by atoms with Gasteiger partial charge in [0, 0.05) is 6.20 Å². The van der Waals surface area contributed by atoms with Crippen LogP contribution in [0.15, 0.2) is 30.7 Å². The SMILES string of the molecule is Cc1ccc(Cl)c(Nc2ncncc2I)c1. The van der Waals surface area contributed by atoms with E-state index in [1.807, 2.05) is 25.1 Å². The third-order valence-corrected chi connectivity index (χ3v) is 3.16. The van der Waals surface area contributed by atoms with Gasteiger partial charge in [0.15, 0.2) is 0 Å². The normalized spacial score (nSPS) is 10.2. The van der Waals surface area contributed by atoms with Crippen molar-refractivity contribution in [1.82, 2.24) is 9.97 Å². The lowest BCUT2D eigenvalue weighted by atomic mass is 10.2. The largest absolute Gasteiger partial charge is 0.338 e. The van der Waals surface area contributed by atoms with E-state index in [-0.39, 0.29) is 0 Å². The molecule has 0 amide bonds. The van der Waals surface area contributed by atoms with Gasteiger partial charge in [-0.3, -0.25) is 0 Å². The van der Waals surface area contributed by atoms with Gasteiger partial charge in [0.25, 0.3) is 0 Å². The summed E-state index contributed by atoms with van der Waals surface area (Å²) in [6, 6.07) is 5.83. The Labute approximate surface area is 112 Å². The van der Waals surface area contributed by atoms with Gasteiger partial charge in [0.05, 0.1) is 14.3 Å². The predicted octanol–water partition coefficient (Wildman–Crippen LogP) is 3.79. The van der Waals surface area contributed by atoms with Crippen LogP contribution in [0.1, 0.15) is 5.56 Å². The first-order chi connectivity index (χ1) is 7.66. The van der Waals surface area contributed by atoms with Crippen molar-refractivity contribution in [2.75, 3.05) is 5.32 Å². The molecule has 2 aromatic rings. The number of halogens is 2. The molecular formula is C11H9ClIN3. The summed E-state index contributed by atoms with van der Waals surface area (Å²) >= 11 is 8.27. The number of aryl methyl sites for hydroxylation is 1. The summed E-state index contributed by atoms with van der Waals surface area (Å²) in [5, 5.41) is 3.87. The van der Waals surface area contributed by atoms with Gasteiger partial charge in [-0.1, -0.05) is 17.7 Å². The lowest BCUT2D eigenvalue weighted by Crippen LogP contribution is -1.97. The first-order valence-electron chi connectivity index (χ1n) is 4.65. The Bertz CT molecular complexity index is 516. The fourth-order valence-electron chi connectivity index (χ4n) is 1.27. The van der Waals surface area contributed by atoms with Gasteiger partial charge in [-0.2, -0.15) is 0 Å². The third-order valence-electron chi connectivity index (χ3n) is 2.04. The molecule has 0 aliphatic rings. The molecule has 16 heavy (non-hydrogen) atoms. The molecular weight excluding hydrogens is 336 g/mol. The number of hydrogen-bond acceptors (Lipinski definition) is 3. The van der Waals surface area contributed by atoms with E-state index >= 15 is 0 Å². The van der Waals surface area contributed by atoms with Crippen molar-refractivity contribution < 1.29 is 0 Å². The van der Waals surface area contributed by atoms with Gasteiger partial charge >= 0.3 is 0 Å². The van der Waals surface area contributed by atoms with E-state index in [2.05, 4.69) is 37.9 Å². The van der Waals surface area contributed by atoms with Gasteiger partial charge in [-0.15, -0.1) is 0 Å². The second kappa shape index (κ2) is 4.97. The maximum absolute atomic E-state index is 6.09. The molecule has 0 saturated heterocycles. The molecule has 3 nitrogen and oxygen atoms in total. The zero-order chi connectivity index (χ0) is 11.5. The lowest BCUT2D eigenvalue weighted by molar-refractivity contribution is 1.15. The van der Waals surface area contributed by atoms with Crippen LogP contribution in [0, 0.1) is 10.5 Å². The molecule has 2 rings (SSSR count). The summed E-state index contributed by atoms with van der Waals surface area (Å²) in [5.41, 5.74) is 2.01. The fraction of sp³-hybridized carbons (Fsp3) is 0.0909. The Hall–Kier alpha value is -0.880. The van der Waals surface area contributed by atoms with Crippen molar-refractivity contribution in [3.05, 3.63) is 44.9 Å². The maximum atomic E-state index is 6.09. The molecule has 0 bridgehead atoms. The molecule has 1 aromatic carbocycles. The van der Waals surface area contributed by atoms with Gasteiger partial charge in [-0.25, -0.2) is 9.97 Å². The van der Waals surface area contributed by atoms with Gasteiger partial charge < -0.3 is 5.32 Å². The average molecular weight is 346 g/mol. The fourth-order valence-corrected chi connectivity index (χ4v) is 1.87. The Kier molecular flexibility index (Phi) is 3.60. The van der Waals surface area contributed by atoms with E-state index in [0.717, 1.165) is 20.6 Å². The van der Waals surface area contributed by atoms with Crippen LogP contribution in [-0.4, -0.2) is 9.97 Å². The number of rotatable bonds is 2. The van der Waals surface area contributed by atoms with Gasteiger partial charge in [-0.05, 0) is 47.2 Å². The number of benzene rings is 1. The highest BCUT2D eigenvalue weighted by molar-refractivity contribution is 14.1. The van der Waals surface area contributed by atoms with Crippen LogP contribution < -0.4 is 5.32 Å². The van der Waals surface area contributed by atoms with E-state index in [9.17, 15) is 0 Å². The van der Waals surface area contributed by atoms with Gasteiger partial charge in [0.2, 0.25) is 0 Å². The molecule has 0 saturated carbocycles. The minimum Gasteiger partial charge on any atom is -0.338 e. The highest BCUT2D eigenvalue weighted by Gasteiger charge is 2.04. The number of nitrogens with zero attached hydrogens (tertiary/aromatic N) is 2. The molecule has 0 aliphatic heterocycles. The third kappa shape index (κ3) is 2.62. The van der Waals surface area contributed by atoms with Crippen molar-refractivity contribution in [2.24, 2.45) is 0 Å². The number of hydrogen-bond donors (Lipinski definition) is 1. The molecule has 0 atom stereocenters. The number of anilines is 2. The van der Waals surface area contributed by atoms with Crippen molar-refractivity contribution in [3.63, 3.8) is 0 Å². The minimum atomic E-state index is 0.681. The monoisotopic (exact) mass is 345 g/mol. The standard InChI is InChI=1S/C11H9ClIN3/c1-7-2-3-8(12)10(4-7)16-11-9(13)5-14-6-15-11/h2-6H,1H3,(H,14,15,16). The topological polar surface area (TPSA) is 37.8 Å². The first kappa shape index (κ1) is 11.6. The molecule has 0 spiro atoms. The van der Waals surface area contributed by atoms with Crippen LogP contribution in [0.3, 0.4) is 0 Å². The van der Waals surface area contributed by atoms with Crippen LogP contribution in [0.5, 0.6) is 0 Å². The molecule has 0 unspecified atom stereocenters. The molecule has 1 N–H and O–H groups in total. The highest BCUT2D eigenvalue weighted by Crippen LogP contribution is 2.27. The summed E-state index contributed by atoms with van der Waals surface area (Å²) in [4.78, 5) is 8.09. The number of nitrogens with one attached hydrogen (secondary N) is 1. The minimum absolute atomic E-state index is 0.681. The molecule has 1 heterocycles. The Morgan fingerprint density at radius 2 is 2.19 bits per heavy atom. The Morgan fingerprint density at radius 3 is 2.94 bits per heavy atom. The maximum Gasteiger partial charge on any atom is 0.147 e. The molecule has 0 fully saturated rings. The summed E-state index contributed by atoms with van der Waals surface area (Å²) < 4.78 is 0.956. The van der Waals surface area contributed by atoms with E-state index in [0.29, 0.717) is 5.02 Å². The van der Waals surface area contributed by atoms with Crippen LogP contribution in [0.4, 0.5) is 11.5 Å². The van der Waals surface area contributed by atoms with Crippen molar-refractivity contribution in [1.29, 1.82) is 0 Å².